The average molecular weight is 464 g/mol. The van der Waals surface area contributed by atoms with Crippen molar-refractivity contribution in [1.29, 1.82) is 0 Å². The Kier molecular flexibility index (Phi) is 6.11. The van der Waals surface area contributed by atoms with Crippen LogP contribution in [-0.4, -0.2) is 50.1 Å². The van der Waals surface area contributed by atoms with Gasteiger partial charge in [0.25, 0.3) is 0 Å². The molecule has 0 unspecified atom stereocenters. The third-order valence-corrected chi connectivity index (χ3v) is 7.89. The highest BCUT2D eigenvalue weighted by molar-refractivity contribution is 7.90. The van der Waals surface area contributed by atoms with E-state index >= 15 is 0 Å². The topological polar surface area (TPSA) is 79.4 Å². The van der Waals surface area contributed by atoms with Crippen molar-refractivity contribution in [3.8, 4) is 0 Å². The van der Waals surface area contributed by atoms with Crippen LogP contribution in [-0.2, 0) is 14.6 Å². The molecule has 1 fully saturated rings. The molecule has 0 saturated carbocycles. The number of benzene rings is 2. The number of carbonyl (C=O) groups is 1. The number of nitrogens with zero attached hydrogens (tertiary/aromatic N) is 2. The van der Waals surface area contributed by atoms with Gasteiger partial charge in [-0.3, -0.25) is 9.69 Å². The first-order valence-electron chi connectivity index (χ1n) is 9.67. The molecular weight excluding hydrogens is 442 g/mol. The summed E-state index contributed by atoms with van der Waals surface area (Å²) in [5, 5.41) is 4.22. The van der Waals surface area contributed by atoms with Gasteiger partial charge in [-0.05, 0) is 56.3 Å². The van der Waals surface area contributed by atoms with E-state index in [0.29, 0.717) is 16.6 Å². The second-order valence-corrected chi connectivity index (χ2v) is 11.0. The van der Waals surface area contributed by atoms with Crippen molar-refractivity contribution in [3.05, 3.63) is 52.5 Å². The number of carbonyl (C=O) groups excluding carboxylic acids is 1. The molecule has 1 aliphatic rings. The molecule has 1 N–H and O–H groups in total. The van der Waals surface area contributed by atoms with E-state index < -0.39 is 9.84 Å². The van der Waals surface area contributed by atoms with Gasteiger partial charge in [-0.2, -0.15) is 0 Å². The van der Waals surface area contributed by atoms with Crippen LogP contribution >= 0.6 is 22.9 Å². The zero-order valence-electron chi connectivity index (χ0n) is 16.5. The van der Waals surface area contributed by atoms with Crippen molar-refractivity contribution in [2.75, 3.05) is 31.2 Å². The average Bonchev–Trinajstić information content (AvgIpc) is 3.13. The number of piperidine rings is 1. The van der Waals surface area contributed by atoms with Gasteiger partial charge in [-0.1, -0.05) is 23.7 Å². The van der Waals surface area contributed by atoms with Crippen LogP contribution in [0, 0.1) is 0 Å². The van der Waals surface area contributed by atoms with Gasteiger partial charge in [-0.25, -0.2) is 13.4 Å². The Bertz CT molecular complexity index is 1150. The summed E-state index contributed by atoms with van der Waals surface area (Å²) < 4.78 is 24.7. The minimum absolute atomic E-state index is 0.124. The normalized spacial score (nSPS) is 16.1. The first kappa shape index (κ1) is 21.2. The fourth-order valence-electron chi connectivity index (χ4n) is 3.63. The molecule has 2 heterocycles. The molecule has 1 saturated heterocycles. The number of aromatic nitrogens is 1. The third-order valence-electron chi connectivity index (χ3n) is 5.25. The number of amides is 1. The summed E-state index contributed by atoms with van der Waals surface area (Å²) in [6.45, 7) is 1.86. The lowest BCUT2D eigenvalue weighted by atomic mass is 9.97. The Hall–Kier alpha value is -2.00. The van der Waals surface area contributed by atoms with Crippen LogP contribution < -0.4 is 5.32 Å². The van der Waals surface area contributed by atoms with Gasteiger partial charge < -0.3 is 5.32 Å². The lowest BCUT2D eigenvalue weighted by Crippen LogP contribution is -2.38. The number of hydrogen-bond donors (Lipinski definition) is 1. The third kappa shape index (κ3) is 4.83. The molecule has 0 radical (unpaired) electrons. The first-order chi connectivity index (χ1) is 14.3. The second-order valence-electron chi connectivity index (χ2n) is 7.53. The largest absolute Gasteiger partial charge is 0.324 e. The summed E-state index contributed by atoms with van der Waals surface area (Å²) in [5.41, 5.74) is 1.36. The summed E-state index contributed by atoms with van der Waals surface area (Å²) in [6, 6.07) is 12.5. The van der Waals surface area contributed by atoms with Gasteiger partial charge in [0.05, 0.1) is 37.4 Å². The molecule has 158 valence electrons. The maximum Gasteiger partial charge on any atom is 0.238 e. The second kappa shape index (κ2) is 8.63. The lowest BCUT2D eigenvalue weighted by molar-refractivity contribution is -0.117. The van der Waals surface area contributed by atoms with Crippen molar-refractivity contribution >= 4 is 54.6 Å². The zero-order chi connectivity index (χ0) is 21.3. The first-order valence-corrected chi connectivity index (χ1v) is 12.8. The SMILES string of the molecule is CS(=O)(=O)c1ccc(Cl)c(NC(=O)CN2CCC(c3nc4ccccc4s3)CC2)c1. The molecule has 9 heteroatoms. The maximum absolute atomic E-state index is 12.5. The lowest BCUT2D eigenvalue weighted by Gasteiger charge is -2.30. The van der Waals surface area contributed by atoms with Crippen LogP contribution in [0.25, 0.3) is 10.2 Å². The molecule has 3 aromatic rings. The van der Waals surface area contributed by atoms with E-state index in [-0.39, 0.29) is 17.3 Å². The molecule has 4 rings (SSSR count). The Labute approximate surface area is 184 Å². The zero-order valence-corrected chi connectivity index (χ0v) is 18.9. The minimum Gasteiger partial charge on any atom is -0.324 e. The van der Waals surface area contributed by atoms with Crippen LogP contribution in [0.4, 0.5) is 5.69 Å². The highest BCUT2D eigenvalue weighted by Crippen LogP contribution is 2.33. The number of hydrogen-bond acceptors (Lipinski definition) is 6. The molecule has 30 heavy (non-hydrogen) atoms. The van der Waals surface area contributed by atoms with Crippen LogP contribution in [0.5, 0.6) is 0 Å². The van der Waals surface area contributed by atoms with Crippen molar-refractivity contribution in [3.63, 3.8) is 0 Å². The van der Waals surface area contributed by atoms with Crippen LogP contribution in [0.2, 0.25) is 5.02 Å². The van der Waals surface area contributed by atoms with Gasteiger partial charge in [0, 0.05) is 12.2 Å². The number of halogens is 1. The van der Waals surface area contributed by atoms with Crippen molar-refractivity contribution < 1.29 is 13.2 Å². The molecule has 2 aromatic carbocycles. The van der Waals surface area contributed by atoms with Crippen LogP contribution in [0.15, 0.2) is 47.4 Å². The number of para-hydroxylation sites is 1. The number of anilines is 1. The fourth-order valence-corrected chi connectivity index (χ4v) is 5.57. The van der Waals surface area contributed by atoms with Crippen LogP contribution in [0.1, 0.15) is 23.8 Å². The van der Waals surface area contributed by atoms with Crippen molar-refractivity contribution in [2.45, 2.75) is 23.7 Å². The highest BCUT2D eigenvalue weighted by Gasteiger charge is 2.24. The summed E-state index contributed by atoms with van der Waals surface area (Å²) in [7, 11) is -3.37. The van der Waals surface area contributed by atoms with Gasteiger partial charge in [0.2, 0.25) is 5.91 Å². The molecule has 1 amide bonds. The fraction of sp³-hybridized carbons (Fsp3) is 0.333. The van der Waals surface area contributed by atoms with E-state index in [0.717, 1.165) is 37.7 Å². The molecular formula is C21H22ClN3O3S2. The minimum atomic E-state index is -3.37. The Morgan fingerprint density at radius 1 is 1.23 bits per heavy atom. The predicted molar refractivity (Wildman–Crippen MR) is 121 cm³/mol. The summed E-state index contributed by atoms with van der Waals surface area (Å²) in [5.74, 6) is 0.212. The number of nitrogens with one attached hydrogen (secondary N) is 1. The summed E-state index contributed by atoms with van der Waals surface area (Å²) in [6.07, 6.45) is 3.03. The molecule has 1 aromatic heterocycles. The molecule has 6 nitrogen and oxygen atoms in total. The summed E-state index contributed by atoms with van der Waals surface area (Å²) in [4.78, 5) is 19.5. The number of rotatable bonds is 5. The maximum atomic E-state index is 12.5. The Morgan fingerprint density at radius 3 is 2.67 bits per heavy atom. The molecule has 0 bridgehead atoms. The monoisotopic (exact) mass is 463 g/mol. The Balaban J connectivity index is 1.34. The van der Waals surface area contributed by atoms with Gasteiger partial charge >= 0.3 is 0 Å². The van der Waals surface area contributed by atoms with E-state index in [1.54, 1.807) is 11.3 Å². The predicted octanol–water partition coefficient (Wildman–Crippen LogP) is 4.17. The molecule has 0 aliphatic carbocycles. The molecule has 1 aliphatic heterocycles. The number of thiazole rings is 1. The van der Waals surface area contributed by atoms with E-state index in [9.17, 15) is 13.2 Å². The van der Waals surface area contributed by atoms with Crippen molar-refractivity contribution in [2.24, 2.45) is 0 Å². The molecule has 0 spiro atoms. The van der Waals surface area contributed by atoms with E-state index in [1.807, 2.05) is 18.2 Å². The smallest absolute Gasteiger partial charge is 0.238 e. The highest BCUT2D eigenvalue weighted by atomic mass is 35.5. The number of sulfone groups is 1. The number of fused-ring (bicyclic) bond motifs is 1. The van der Waals surface area contributed by atoms with Crippen LogP contribution in [0.3, 0.4) is 0 Å². The van der Waals surface area contributed by atoms with E-state index in [1.165, 1.54) is 27.9 Å². The quantitative estimate of drug-likeness (QED) is 0.614. The van der Waals surface area contributed by atoms with Gasteiger partial charge in [-0.15, -0.1) is 11.3 Å². The van der Waals surface area contributed by atoms with E-state index in [2.05, 4.69) is 16.3 Å². The molecule has 0 atom stereocenters. The standard InChI is InChI=1S/C21H22ClN3O3S2/c1-30(27,28)15-6-7-16(22)18(12-15)23-20(26)13-25-10-8-14(9-11-25)21-24-17-4-2-3-5-19(17)29-21/h2-7,12,14H,8-11,13H2,1H3,(H,23,26). The van der Waals surface area contributed by atoms with E-state index in [4.69, 9.17) is 16.6 Å². The Morgan fingerprint density at radius 2 is 1.97 bits per heavy atom. The van der Waals surface area contributed by atoms with Crippen molar-refractivity contribution in [1.82, 2.24) is 9.88 Å². The van der Waals surface area contributed by atoms with Gasteiger partial charge in [0.15, 0.2) is 9.84 Å². The number of likely N-dealkylation sites (tertiary alicyclic amines) is 1. The van der Waals surface area contributed by atoms with Gasteiger partial charge in [0.1, 0.15) is 0 Å². The summed E-state index contributed by atoms with van der Waals surface area (Å²) >= 11 is 7.88.